The molecule has 4 N–H and O–H groups in total. The van der Waals surface area contributed by atoms with Crippen molar-refractivity contribution in [3.8, 4) is 17.7 Å². The topological polar surface area (TPSA) is 145 Å². The van der Waals surface area contributed by atoms with Gasteiger partial charge in [-0.25, -0.2) is 0 Å². The van der Waals surface area contributed by atoms with Gasteiger partial charge in [-0.05, 0) is 36.2 Å². The zero-order valence-electron chi connectivity index (χ0n) is 13.6. The molecule has 0 aliphatic heterocycles. The molecule has 1 atom stereocenters. The lowest BCUT2D eigenvalue weighted by Gasteiger charge is -2.11. The average Bonchev–Trinajstić information content (AvgIpc) is 3.31. The predicted molar refractivity (Wildman–Crippen MR) is 92.5 cm³/mol. The van der Waals surface area contributed by atoms with Crippen molar-refractivity contribution in [2.24, 2.45) is 5.73 Å². The number of hydrogen-bond donors (Lipinski definition) is 2. The molecule has 0 saturated carbocycles. The van der Waals surface area contributed by atoms with Gasteiger partial charge < -0.3 is 15.9 Å². The Bertz CT molecular complexity index is 1110. The van der Waals surface area contributed by atoms with Gasteiger partial charge in [0.25, 0.3) is 5.78 Å². The Balaban J connectivity index is 1.66. The summed E-state index contributed by atoms with van der Waals surface area (Å²) in [4.78, 5) is 12.9. The summed E-state index contributed by atoms with van der Waals surface area (Å²) >= 11 is 0. The van der Waals surface area contributed by atoms with Gasteiger partial charge in [0.15, 0.2) is 11.6 Å². The maximum Gasteiger partial charge on any atom is 0.257 e. The molecule has 128 valence electrons. The molecule has 0 aliphatic rings. The van der Waals surface area contributed by atoms with Crippen molar-refractivity contribution in [2.45, 2.75) is 12.5 Å². The molecule has 0 radical (unpaired) electrons. The highest BCUT2D eigenvalue weighted by molar-refractivity contribution is 5.51. The van der Waals surface area contributed by atoms with E-state index in [1.807, 2.05) is 12.1 Å². The minimum absolute atomic E-state index is 0.136. The summed E-state index contributed by atoms with van der Waals surface area (Å²) in [5, 5.41) is 13.2. The van der Waals surface area contributed by atoms with Crippen LogP contribution in [0, 0.1) is 11.3 Å². The van der Waals surface area contributed by atoms with Gasteiger partial charge in [0.2, 0.25) is 11.8 Å². The maximum absolute atomic E-state index is 9.00. The fraction of sp³-hybridized carbons (Fsp3) is 0.118. The van der Waals surface area contributed by atoms with Crippen LogP contribution in [0.15, 0.2) is 47.1 Å². The summed E-state index contributed by atoms with van der Waals surface area (Å²) in [6, 6.07) is 12.3. The molecule has 3 aromatic heterocycles. The summed E-state index contributed by atoms with van der Waals surface area (Å²) in [5.74, 6) is 1.66. The van der Waals surface area contributed by atoms with Crippen molar-refractivity contribution >= 4 is 11.7 Å². The Morgan fingerprint density at radius 1 is 1.19 bits per heavy atom. The minimum atomic E-state index is -0.500. The van der Waals surface area contributed by atoms with Crippen LogP contribution in [-0.2, 0) is 6.42 Å². The van der Waals surface area contributed by atoms with E-state index >= 15 is 0 Å². The Morgan fingerprint density at radius 2 is 2.08 bits per heavy atom. The molecule has 4 aromatic rings. The molecule has 9 heteroatoms. The first-order valence-corrected chi connectivity index (χ1v) is 7.83. The quantitative estimate of drug-likeness (QED) is 0.565. The SMILES string of the molecule is N#Cc1cccc(CC(N)c2nc(N)n3nc(-c4ccco4)nc3n2)c1. The van der Waals surface area contributed by atoms with E-state index in [4.69, 9.17) is 21.1 Å². The molecule has 1 aromatic carbocycles. The van der Waals surface area contributed by atoms with Crippen LogP contribution < -0.4 is 11.5 Å². The average molecular weight is 346 g/mol. The third-order valence-corrected chi connectivity index (χ3v) is 3.84. The summed E-state index contributed by atoms with van der Waals surface area (Å²) in [5.41, 5.74) is 13.7. The Morgan fingerprint density at radius 3 is 2.85 bits per heavy atom. The number of anilines is 1. The van der Waals surface area contributed by atoms with Crippen LogP contribution in [0.1, 0.15) is 23.0 Å². The van der Waals surface area contributed by atoms with Gasteiger partial charge in [-0.3, -0.25) is 0 Å². The van der Waals surface area contributed by atoms with E-state index in [0.29, 0.717) is 35.2 Å². The van der Waals surface area contributed by atoms with Crippen molar-refractivity contribution in [3.63, 3.8) is 0 Å². The van der Waals surface area contributed by atoms with Crippen molar-refractivity contribution in [2.75, 3.05) is 5.73 Å². The van der Waals surface area contributed by atoms with Crippen molar-refractivity contribution < 1.29 is 4.42 Å². The zero-order chi connectivity index (χ0) is 18.1. The van der Waals surface area contributed by atoms with E-state index in [0.717, 1.165) is 5.56 Å². The predicted octanol–water partition coefficient (Wildman–Crippen LogP) is 1.48. The summed E-state index contributed by atoms with van der Waals surface area (Å²) in [6.45, 7) is 0. The Kier molecular flexibility index (Phi) is 3.79. The van der Waals surface area contributed by atoms with E-state index < -0.39 is 6.04 Å². The van der Waals surface area contributed by atoms with E-state index in [2.05, 4.69) is 26.1 Å². The van der Waals surface area contributed by atoms with Gasteiger partial charge >= 0.3 is 0 Å². The lowest BCUT2D eigenvalue weighted by molar-refractivity contribution is 0.577. The summed E-state index contributed by atoms with van der Waals surface area (Å²) in [7, 11) is 0. The third kappa shape index (κ3) is 2.85. The van der Waals surface area contributed by atoms with E-state index in [9.17, 15) is 0 Å². The number of nitrogens with two attached hydrogens (primary N) is 2. The molecule has 3 heterocycles. The molecule has 0 bridgehead atoms. The number of furan rings is 1. The van der Waals surface area contributed by atoms with Crippen LogP contribution in [0.4, 0.5) is 5.95 Å². The standard InChI is InChI=1S/C17H14N8O/c18-9-11-4-1-3-10(7-11)8-12(19)14-21-16(20)25-17(22-14)23-15(24-25)13-5-2-6-26-13/h1-7,12H,8,19H2,(H2,20,21,22,23,24). The molecule has 0 saturated heterocycles. The number of nitrogen functional groups attached to an aromatic ring is 1. The van der Waals surface area contributed by atoms with Crippen LogP contribution in [0.3, 0.4) is 0 Å². The summed E-state index contributed by atoms with van der Waals surface area (Å²) in [6.07, 6.45) is 2.00. The second kappa shape index (κ2) is 6.27. The highest BCUT2D eigenvalue weighted by Gasteiger charge is 2.17. The van der Waals surface area contributed by atoms with Gasteiger partial charge in [0, 0.05) is 0 Å². The maximum atomic E-state index is 9.00. The lowest BCUT2D eigenvalue weighted by Crippen LogP contribution is -2.19. The smallest absolute Gasteiger partial charge is 0.257 e. The monoisotopic (exact) mass is 346 g/mol. The van der Waals surface area contributed by atoms with Crippen molar-refractivity contribution in [3.05, 3.63) is 59.6 Å². The second-order valence-electron chi connectivity index (χ2n) is 5.69. The molecule has 4 rings (SSSR count). The van der Waals surface area contributed by atoms with Crippen LogP contribution in [-0.4, -0.2) is 24.6 Å². The Labute approximate surface area is 147 Å². The first-order valence-electron chi connectivity index (χ1n) is 7.83. The number of nitriles is 1. The van der Waals surface area contributed by atoms with Crippen molar-refractivity contribution in [1.29, 1.82) is 5.26 Å². The fourth-order valence-corrected chi connectivity index (χ4v) is 2.61. The molecule has 0 spiro atoms. The van der Waals surface area contributed by atoms with Crippen LogP contribution in [0.5, 0.6) is 0 Å². The van der Waals surface area contributed by atoms with Gasteiger partial charge in [0.05, 0.1) is 23.9 Å². The first-order chi connectivity index (χ1) is 12.6. The van der Waals surface area contributed by atoms with E-state index in [1.165, 1.54) is 10.8 Å². The van der Waals surface area contributed by atoms with Crippen LogP contribution in [0.2, 0.25) is 0 Å². The number of benzene rings is 1. The highest BCUT2D eigenvalue weighted by atomic mass is 16.3. The molecular weight excluding hydrogens is 332 g/mol. The van der Waals surface area contributed by atoms with E-state index in [1.54, 1.807) is 24.3 Å². The number of hydrogen-bond acceptors (Lipinski definition) is 8. The molecule has 0 aliphatic carbocycles. The summed E-state index contributed by atoms with van der Waals surface area (Å²) < 4.78 is 6.63. The zero-order valence-corrected chi connectivity index (χ0v) is 13.6. The molecule has 1 unspecified atom stereocenters. The van der Waals surface area contributed by atoms with Gasteiger partial charge in [-0.2, -0.15) is 24.7 Å². The van der Waals surface area contributed by atoms with Crippen molar-refractivity contribution in [1.82, 2.24) is 24.6 Å². The second-order valence-corrected chi connectivity index (χ2v) is 5.69. The minimum Gasteiger partial charge on any atom is -0.461 e. The van der Waals surface area contributed by atoms with Crippen LogP contribution >= 0.6 is 0 Å². The molecule has 9 nitrogen and oxygen atoms in total. The number of rotatable bonds is 4. The largest absolute Gasteiger partial charge is 0.461 e. The van der Waals surface area contributed by atoms with Gasteiger partial charge in [-0.15, -0.1) is 5.10 Å². The fourth-order valence-electron chi connectivity index (χ4n) is 2.61. The number of fused-ring (bicyclic) bond motifs is 1. The third-order valence-electron chi connectivity index (χ3n) is 3.84. The molecule has 0 amide bonds. The molecule has 26 heavy (non-hydrogen) atoms. The first kappa shape index (κ1) is 15.7. The molecule has 0 fully saturated rings. The lowest BCUT2D eigenvalue weighted by atomic mass is 10.0. The number of aromatic nitrogens is 5. The van der Waals surface area contributed by atoms with Crippen LogP contribution in [0.25, 0.3) is 17.4 Å². The number of nitrogens with zero attached hydrogens (tertiary/aromatic N) is 6. The van der Waals surface area contributed by atoms with E-state index in [-0.39, 0.29) is 5.95 Å². The highest BCUT2D eigenvalue weighted by Crippen LogP contribution is 2.19. The van der Waals surface area contributed by atoms with Gasteiger partial charge in [-0.1, -0.05) is 12.1 Å². The van der Waals surface area contributed by atoms with Gasteiger partial charge in [0.1, 0.15) is 0 Å². The normalized spacial score (nSPS) is 12.2. The Hall–Kier alpha value is -3.77. The molecular formula is C17H14N8O.